The van der Waals surface area contributed by atoms with Crippen LogP contribution in [0.3, 0.4) is 0 Å². The molecule has 0 saturated heterocycles. The predicted octanol–water partition coefficient (Wildman–Crippen LogP) is 6.29. The summed E-state index contributed by atoms with van der Waals surface area (Å²) in [5.74, 6) is 1.69. The Labute approximate surface area is 217 Å². The third kappa shape index (κ3) is 5.59. The molecule has 0 fully saturated rings. The summed E-state index contributed by atoms with van der Waals surface area (Å²) in [6.45, 7) is 6.35. The van der Waals surface area contributed by atoms with Gasteiger partial charge in [0.05, 0.1) is 22.1 Å². The molecule has 3 heterocycles. The first-order valence-corrected chi connectivity index (χ1v) is 12.0. The van der Waals surface area contributed by atoms with E-state index in [1.807, 2.05) is 61.9 Å². The number of carbonyl (C=O) groups is 1. The van der Waals surface area contributed by atoms with Crippen molar-refractivity contribution >= 4 is 51.2 Å². The van der Waals surface area contributed by atoms with Crippen LogP contribution in [0.25, 0.3) is 22.0 Å². The summed E-state index contributed by atoms with van der Waals surface area (Å²) in [5.41, 5.74) is 2.36. The van der Waals surface area contributed by atoms with Crippen molar-refractivity contribution in [1.82, 2.24) is 25.0 Å². The second-order valence-electron chi connectivity index (χ2n) is 9.26. The van der Waals surface area contributed by atoms with E-state index >= 15 is 0 Å². The molecule has 1 amide bonds. The zero-order chi connectivity index (χ0) is 26.0. The number of hydrogen-bond donors (Lipinski definition) is 2. The summed E-state index contributed by atoms with van der Waals surface area (Å²) in [5, 5.41) is 11.1. The topological polar surface area (TPSA) is 116 Å². The van der Waals surface area contributed by atoms with Crippen LogP contribution in [-0.4, -0.2) is 37.9 Å². The molecule has 0 unspecified atom stereocenters. The zero-order valence-corrected chi connectivity index (χ0v) is 21.2. The molecular formula is C26H25ClN6O4. The molecule has 10 nitrogen and oxygen atoms in total. The molecule has 2 aromatic carbocycles. The van der Waals surface area contributed by atoms with E-state index in [2.05, 4.69) is 25.8 Å². The van der Waals surface area contributed by atoms with E-state index in [0.717, 1.165) is 22.1 Å². The van der Waals surface area contributed by atoms with Crippen molar-refractivity contribution in [2.24, 2.45) is 0 Å². The lowest BCUT2D eigenvalue weighted by molar-refractivity contribution is 0.0526. The molecule has 0 aliphatic heterocycles. The van der Waals surface area contributed by atoms with Crippen LogP contribution in [-0.2, 0) is 11.3 Å². The van der Waals surface area contributed by atoms with Crippen molar-refractivity contribution in [3.05, 3.63) is 66.2 Å². The molecule has 190 valence electrons. The number of nitrogens with zero attached hydrogens (tertiary/aromatic N) is 4. The summed E-state index contributed by atoms with van der Waals surface area (Å²) < 4.78 is 18.5. The van der Waals surface area contributed by atoms with E-state index in [4.69, 9.17) is 25.6 Å². The SMILES string of the molecule is CC(C)(C)OC(=O)NCCn1ccc2ncnc(Nc3ccc(Oc4cccc5oncc45)c(Cl)c3)c21. The Morgan fingerprint density at radius 2 is 2.00 bits per heavy atom. The largest absolute Gasteiger partial charge is 0.455 e. The Balaban J connectivity index is 1.31. The first-order valence-electron chi connectivity index (χ1n) is 11.6. The zero-order valence-electron chi connectivity index (χ0n) is 20.5. The summed E-state index contributed by atoms with van der Waals surface area (Å²) in [7, 11) is 0. The van der Waals surface area contributed by atoms with Gasteiger partial charge in [-0.05, 0) is 57.2 Å². The Morgan fingerprint density at radius 3 is 2.81 bits per heavy atom. The number of anilines is 2. The standard InChI is InChI=1S/C26H25ClN6O4/c1-26(2,3)36-25(34)28-10-12-33-11-9-19-23(33)24(30-15-29-19)32-16-7-8-22(18(27)13-16)35-20-5-4-6-21-17(20)14-31-37-21/h4-9,11,13-15H,10,12H2,1-3H3,(H,28,34)(H,29,30,32). The number of alkyl carbamates (subject to hydrolysis) is 1. The fourth-order valence-electron chi connectivity index (χ4n) is 3.78. The first-order chi connectivity index (χ1) is 17.8. The van der Waals surface area contributed by atoms with Crippen molar-refractivity contribution in [3.63, 3.8) is 0 Å². The number of carbonyl (C=O) groups excluding carboxylic acids is 1. The maximum Gasteiger partial charge on any atom is 0.407 e. The van der Waals surface area contributed by atoms with E-state index in [9.17, 15) is 4.79 Å². The molecule has 0 spiro atoms. The molecule has 5 rings (SSSR count). The minimum absolute atomic E-state index is 0.379. The van der Waals surface area contributed by atoms with Gasteiger partial charge in [0.25, 0.3) is 0 Å². The molecule has 0 aliphatic carbocycles. The smallest absolute Gasteiger partial charge is 0.407 e. The van der Waals surface area contributed by atoms with Crippen LogP contribution in [0.4, 0.5) is 16.3 Å². The van der Waals surface area contributed by atoms with Gasteiger partial charge in [-0.15, -0.1) is 0 Å². The molecule has 0 bridgehead atoms. The summed E-state index contributed by atoms with van der Waals surface area (Å²) in [6.07, 6.45) is 4.53. The quantitative estimate of drug-likeness (QED) is 0.257. The Hall–Kier alpha value is -4.31. The predicted molar refractivity (Wildman–Crippen MR) is 141 cm³/mol. The molecule has 0 saturated carbocycles. The number of ether oxygens (including phenoxy) is 2. The third-order valence-corrected chi connectivity index (χ3v) is 5.64. The number of halogens is 1. The maximum atomic E-state index is 12.0. The van der Waals surface area contributed by atoms with Gasteiger partial charge in [-0.25, -0.2) is 14.8 Å². The molecule has 0 aliphatic rings. The van der Waals surface area contributed by atoms with E-state index < -0.39 is 11.7 Å². The van der Waals surface area contributed by atoms with Gasteiger partial charge in [0.2, 0.25) is 0 Å². The van der Waals surface area contributed by atoms with Gasteiger partial charge >= 0.3 is 6.09 Å². The highest BCUT2D eigenvalue weighted by Gasteiger charge is 2.16. The number of benzene rings is 2. The number of aromatic nitrogens is 4. The number of hydrogen-bond acceptors (Lipinski definition) is 8. The molecular weight excluding hydrogens is 496 g/mol. The first kappa shape index (κ1) is 24.4. The normalized spacial score (nSPS) is 11.6. The van der Waals surface area contributed by atoms with Gasteiger partial charge in [-0.3, -0.25) is 0 Å². The van der Waals surface area contributed by atoms with Crippen LogP contribution in [0.5, 0.6) is 11.5 Å². The number of fused-ring (bicyclic) bond motifs is 2. The molecule has 2 N–H and O–H groups in total. The molecule has 11 heteroatoms. The van der Waals surface area contributed by atoms with E-state index in [1.165, 1.54) is 6.33 Å². The maximum absolute atomic E-state index is 12.0. The summed E-state index contributed by atoms with van der Waals surface area (Å²) in [4.78, 5) is 20.8. The van der Waals surface area contributed by atoms with Gasteiger partial charge < -0.3 is 29.2 Å². The van der Waals surface area contributed by atoms with Gasteiger partial charge in [0.15, 0.2) is 11.4 Å². The molecule has 0 atom stereocenters. The average molecular weight is 521 g/mol. The fraction of sp³-hybridized carbons (Fsp3) is 0.231. The van der Waals surface area contributed by atoms with Crippen molar-refractivity contribution in [2.75, 3.05) is 11.9 Å². The van der Waals surface area contributed by atoms with E-state index in [1.54, 1.807) is 18.3 Å². The molecule has 0 radical (unpaired) electrons. The van der Waals surface area contributed by atoms with Gasteiger partial charge in [-0.1, -0.05) is 22.8 Å². The highest BCUT2D eigenvalue weighted by Crippen LogP contribution is 2.36. The monoisotopic (exact) mass is 520 g/mol. The van der Waals surface area contributed by atoms with Crippen LogP contribution in [0.15, 0.2) is 65.7 Å². The van der Waals surface area contributed by atoms with E-state index in [0.29, 0.717) is 41.0 Å². The van der Waals surface area contributed by atoms with Crippen LogP contribution >= 0.6 is 11.6 Å². The lowest BCUT2D eigenvalue weighted by Crippen LogP contribution is -2.34. The molecule has 3 aromatic heterocycles. The Kier molecular flexibility index (Phi) is 6.58. The summed E-state index contributed by atoms with van der Waals surface area (Å²) in [6, 6.07) is 12.7. The van der Waals surface area contributed by atoms with Crippen LogP contribution in [0, 0.1) is 0 Å². The minimum atomic E-state index is -0.555. The van der Waals surface area contributed by atoms with Crippen molar-refractivity contribution < 1.29 is 18.8 Å². The van der Waals surface area contributed by atoms with Gasteiger partial charge in [0.1, 0.15) is 28.9 Å². The highest BCUT2D eigenvalue weighted by atomic mass is 35.5. The van der Waals surface area contributed by atoms with Crippen LogP contribution < -0.4 is 15.4 Å². The van der Waals surface area contributed by atoms with Gasteiger partial charge in [-0.2, -0.15) is 0 Å². The van der Waals surface area contributed by atoms with Gasteiger partial charge in [0, 0.05) is 25.0 Å². The number of amides is 1. The molecule has 5 aromatic rings. The van der Waals surface area contributed by atoms with Crippen molar-refractivity contribution in [1.29, 1.82) is 0 Å². The average Bonchev–Trinajstić information content (AvgIpc) is 3.48. The number of nitrogens with one attached hydrogen (secondary N) is 2. The summed E-state index contributed by atoms with van der Waals surface area (Å²) >= 11 is 6.55. The van der Waals surface area contributed by atoms with E-state index in [-0.39, 0.29) is 0 Å². The fourth-order valence-corrected chi connectivity index (χ4v) is 3.99. The van der Waals surface area contributed by atoms with Crippen molar-refractivity contribution in [2.45, 2.75) is 32.9 Å². The Morgan fingerprint density at radius 1 is 1.14 bits per heavy atom. The van der Waals surface area contributed by atoms with Crippen molar-refractivity contribution in [3.8, 4) is 11.5 Å². The number of rotatable bonds is 7. The van der Waals surface area contributed by atoms with Crippen LogP contribution in [0.1, 0.15) is 20.8 Å². The second-order valence-corrected chi connectivity index (χ2v) is 9.67. The third-order valence-electron chi connectivity index (χ3n) is 5.34. The Bertz CT molecular complexity index is 1570. The minimum Gasteiger partial charge on any atom is -0.455 e. The lowest BCUT2D eigenvalue weighted by Gasteiger charge is -2.19. The van der Waals surface area contributed by atoms with Crippen LogP contribution in [0.2, 0.25) is 5.02 Å². The lowest BCUT2D eigenvalue weighted by atomic mass is 10.2. The molecule has 37 heavy (non-hydrogen) atoms. The second kappa shape index (κ2) is 9.98. The highest BCUT2D eigenvalue weighted by molar-refractivity contribution is 6.32.